The highest BCUT2D eigenvalue weighted by Gasteiger charge is 2.28. The van der Waals surface area contributed by atoms with Crippen molar-refractivity contribution in [3.63, 3.8) is 0 Å². The molecule has 1 atom stereocenters. The molecule has 6 heteroatoms. The van der Waals surface area contributed by atoms with Crippen LogP contribution < -0.4 is 10.6 Å². The van der Waals surface area contributed by atoms with Gasteiger partial charge in [-0.3, -0.25) is 0 Å². The fourth-order valence-electron chi connectivity index (χ4n) is 3.06. The van der Waals surface area contributed by atoms with Gasteiger partial charge >= 0.3 is 6.03 Å². The van der Waals surface area contributed by atoms with Crippen molar-refractivity contribution in [1.29, 1.82) is 0 Å². The summed E-state index contributed by atoms with van der Waals surface area (Å²) in [6.45, 7) is 0.471. The molecule has 114 valence electrons. The topological polar surface area (TPSA) is 75.3 Å². The number of carbonyl (C=O) groups is 1. The van der Waals surface area contributed by atoms with E-state index < -0.39 is 9.84 Å². The molecule has 2 N–H and O–H groups in total. The lowest BCUT2D eigenvalue weighted by Gasteiger charge is -2.12. The van der Waals surface area contributed by atoms with Crippen molar-refractivity contribution in [2.45, 2.75) is 38.3 Å². The van der Waals surface area contributed by atoms with Gasteiger partial charge in [0.15, 0.2) is 9.84 Å². The van der Waals surface area contributed by atoms with Gasteiger partial charge in [-0.25, -0.2) is 13.2 Å². The molecule has 2 aliphatic rings. The summed E-state index contributed by atoms with van der Waals surface area (Å²) in [5, 5.41) is 5.53. The fourth-order valence-corrected chi connectivity index (χ4v) is 4.74. The Labute approximate surface area is 125 Å². The van der Waals surface area contributed by atoms with Crippen molar-refractivity contribution in [3.8, 4) is 0 Å². The minimum absolute atomic E-state index is 0.0548. The predicted octanol–water partition coefficient (Wildman–Crippen LogP) is 1.16. The van der Waals surface area contributed by atoms with Crippen molar-refractivity contribution < 1.29 is 13.2 Å². The van der Waals surface area contributed by atoms with Gasteiger partial charge < -0.3 is 10.6 Å². The van der Waals surface area contributed by atoms with Crippen LogP contribution in [0.1, 0.15) is 29.5 Å². The van der Waals surface area contributed by atoms with Gasteiger partial charge in [0.1, 0.15) is 0 Å². The Hall–Kier alpha value is -1.56. The first kappa shape index (κ1) is 14.4. The van der Waals surface area contributed by atoms with E-state index in [2.05, 4.69) is 22.8 Å². The second-order valence-corrected chi connectivity index (χ2v) is 8.11. The van der Waals surface area contributed by atoms with Gasteiger partial charge in [-0.15, -0.1) is 0 Å². The Bertz CT molecular complexity index is 655. The monoisotopic (exact) mass is 308 g/mol. The summed E-state index contributed by atoms with van der Waals surface area (Å²) in [7, 11) is -2.96. The molecule has 1 heterocycles. The molecule has 1 aliphatic heterocycles. The van der Waals surface area contributed by atoms with Gasteiger partial charge in [0.25, 0.3) is 0 Å². The molecular weight excluding hydrogens is 288 g/mol. The van der Waals surface area contributed by atoms with Crippen molar-refractivity contribution in [1.82, 2.24) is 10.6 Å². The summed E-state index contributed by atoms with van der Waals surface area (Å²) in [5.74, 6) is 0.224. The van der Waals surface area contributed by atoms with Crippen LogP contribution in [0, 0.1) is 0 Å². The number of aryl methyl sites for hydroxylation is 2. The molecule has 0 spiro atoms. The molecular formula is C15H20N2O3S. The molecule has 1 aliphatic carbocycles. The first-order valence-electron chi connectivity index (χ1n) is 7.37. The maximum absolute atomic E-state index is 11.8. The van der Waals surface area contributed by atoms with Crippen LogP contribution in [0.25, 0.3) is 0 Å². The fraction of sp³-hybridized carbons (Fsp3) is 0.533. The van der Waals surface area contributed by atoms with E-state index in [1.807, 2.05) is 6.07 Å². The third kappa shape index (κ3) is 3.56. The Morgan fingerprint density at radius 1 is 1.24 bits per heavy atom. The smallest absolute Gasteiger partial charge is 0.315 e. The Morgan fingerprint density at radius 3 is 2.81 bits per heavy atom. The number of fused-ring (bicyclic) bond motifs is 1. The summed E-state index contributed by atoms with van der Waals surface area (Å²) < 4.78 is 22.7. The first-order chi connectivity index (χ1) is 10.0. The van der Waals surface area contributed by atoms with Crippen LogP contribution in [-0.4, -0.2) is 32.0 Å². The Kier molecular flexibility index (Phi) is 3.89. The van der Waals surface area contributed by atoms with E-state index in [4.69, 9.17) is 0 Å². The largest absolute Gasteiger partial charge is 0.334 e. The van der Waals surface area contributed by atoms with Gasteiger partial charge in [-0.2, -0.15) is 0 Å². The van der Waals surface area contributed by atoms with E-state index in [1.165, 1.54) is 17.5 Å². The zero-order valence-corrected chi connectivity index (χ0v) is 12.7. The number of amides is 2. The van der Waals surface area contributed by atoms with Crippen LogP contribution >= 0.6 is 0 Å². The highest BCUT2D eigenvalue weighted by atomic mass is 32.2. The Balaban J connectivity index is 1.50. The molecule has 1 saturated heterocycles. The van der Waals surface area contributed by atoms with Crippen LogP contribution in [-0.2, 0) is 29.2 Å². The summed E-state index contributed by atoms with van der Waals surface area (Å²) in [6, 6.07) is 5.79. The van der Waals surface area contributed by atoms with E-state index in [0.717, 1.165) is 18.4 Å². The maximum Gasteiger partial charge on any atom is 0.315 e. The number of nitrogens with one attached hydrogen (secondary N) is 2. The lowest BCUT2D eigenvalue weighted by atomic mass is 10.1. The maximum atomic E-state index is 11.8. The zero-order valence-electron chi connectivity index (χ0n) is 11.9. The molecule has 0 bridgehead atoms. The molecule has 2 amide bonds. The number of hydrogen-bond donors (Lipinski definition) is 2. The Morgan fingerprint density at radius 2 is 2.05 bits per heavy atom. The van der Waals surface area contributed by atoms with Gasteiger partial charge in [-0.05, 0) is 42.4 Å². The highest BCUT2D eigenvalue weighted by molar-refractivity contribution is 7.91. The number of carbonyl (C=O) groups excluding carboxylic acids is 1. The van der Waals surface area contributed by atoms with Crippen molar-refractivity contribution in [2.24, 2.45) is 0 Å². The molecule has 0 saturated carbocycles. The van der Waals surface area contributed by atoms with Crippen molar-refractivity contribution >= 4 is 15.9 Å². The standard InChI is InChI=1S/C15H20N2O3S/c18-15(17-14-6-7-21(19,20)10-14)16-9-11-4-5-12-2-1-3-13(12)8-11/h4-5,8,14H,1-3,6-7,9-10H2,(H2,16,17,18)/t14-/m0/s1. The molecule has 1 fully saturated rings. The second-order valence-electron chi connectivity index (χ2n) is 5.88. The molecule has 3 rings (SSSR count). The lowest BCUT2D eigenvalue weighted by Crippen LogP contribution is -2.42. The molecule has 0 unspecified atom stereocenters. The van der Waals surface area contributed by atoms with Crippen LogP contribution in [0.2, 0.25) is 0 Å². The number of rotatable bonds is 3. The molecule has 5 nitrogen and oxygen atoms in total. The third-order valence-corrected chi connectivity index (χ3v) is 5.95. The van der Waals surface area contributed by atoms with Crippen LogP contribution in [0.4, 0.5) is 4.79 Å². The number of hydrogen-bond acceptors (Lipinski definition) is 3. The number of urea groups is 1. The number of sulfone groups is 1. The average molecular weight is 308 g/mol. The van der Waals surface area contributed by atoms with Crippen molar-refractivity contribution in [3.05, 3.63) is 34.9 Å². The summed E-state index contributed by atoms with van der Waals surface area (Å²) in [5.41, 5.74) is 3.89. The van der Waals surface area contributed by atoms with Gasteiger partial charge in [0, 0.05) is 12.6 Å². The van der Waals surface area contributed by atoms with E-state index in [-0.39, 0.29) is 23.6 Å². The highest BCUT2D eigenvalue weighted by Crippen LogP contribution is 2.22. The van der Waals surface area contributed by atoms with E-state index in [1.54, 1.807) is 0 Å². The summed E-state index contributed by atoms with van der Waals surface area (Å²) >= 11 is 0. The molecule has 1 aromatic carbocycles. The molecule has 0 aromatic heterocycles. The first-order valence-corrected chi connectivity index (χ1v) is 9.19. The minimum atomic E-state index is -2.96. The zero-order chi connectivity index (χ0) is 14.9. The summed E-state index contributed by atoms with van der Waals surface area (Å²) in [6.07, 6.45) is 3.99. The number of benzene rings is 1. The average Bonchev–Trinajstić information content (AvgIpc) is 3.02. The third-order valence-electron chi connectivity index (χ3n) is 4.18. The van der Waals surface area contributed by atoms with Gasteiger partial charge in [-0.1, -0.05) is 18.2 Å². The van der Waals surface area contributed by atoms with Crippen LogP contribution in [0.3, 0.4) is 0 Å². The predicted molar refractivity (Wildman–Crippen MR) is 80.9 cm³/mol. The molecule has 21 heavy (non-hydrogen) atoms. The minimum Gasteiger partial charge on any atom is -0.334 e. The molecule has 1 aromatic rings. The van der Waals surface area contributed by atoms with Gasteiger partial charge in [0.05, 0.1) is 11.5 Å². The van der Waals surface area contributed by atoms with Gasteiger partial charge in [0.2, 0.25) is 0 Å². The second kappa shape index (κ2) is 5.67. The van der Waals surface area contributed by atoms with Crippen molar-refractivity contribution in [2.75, 3.05) is 11.5 Å². The normalized spacial score (nSPS) is 22.8. The van der Waals surface area contributed by atoms with Crippen LogP contribution in [0.5, 0.6) is 0 Å². The van der Waals surface area contributed by atoms with E-state index in [9.17, 15) is 13.2 Å². The quantitative estimate of drug-likeness (QED) is 0.880. The molecule has 0 radical (unpaired) electrons. The SMILES string of the molecule is O=C(NCc1ccc2c(c1)CCC2)N[C@H]1CCS(=O)(=O)C1. The van der Waals surface area contributed by atoms with Crippen LogP contribution in [0.15, 0.2) is 18.2 Å². The lowest BCUT2D eigenvalue weighted by molar-refractivity contribution is 0.237. The van der Waals surface area contributed by atoms with E-state index >= 15 is 0 Å². The summed E-state index contributed by atoms with van der Waals surface area (Å²) in [4.78, 5) is 11.8. The van der Waals surface area contributed by atoms with E-state index in [0.29, 0.717) is 13.0 Å².